The molecular weight excluding hydrogens is 411 g/mol. The number of benzene rings is 2. The molecule has 3 aromatic rings. The van der Waals surface area contributed by atoms with Crippen LogP contribution in [0.15, 0.2) is 47.4 Å². The molecule has 10 heteroatoms. The predicted octanol–water partition coefficient (Wildman–Crippen LogP) is 4.26. The van der Waals surface area contributed by atoms with E-state index >= 15 is 0 Å². The second-order valence-corrected chi connectivity index (χ2v) is 7.61. The fourth-order valence-electron chi connectivity index (χ4n) is 2.99. The van der Waals surface area contributed by atoms with Crippen LogP contribution >= 0.6 is 0 Å². The molecule has 0 aliphatic carbocycles. The summed E-state index contributed by atoms with van der Waals surface area (Å²) < 4.78 is 76.2. The minimum Gasteiger partial charge on any atom is -0.465 e. The van der Waals surface area contributed by atoms with Crippen molar-refractivity contribution < 1.29 is 35.7 Å². The van der Waals surface area contributed by atoms with E-state index in [1.165, 1.54) is 25.1 Å². The van der Waals surface area contributed by atoms with Gasteiger partial charge in [0.05, 0.1) is 34.3 Å². The summed E-state index contributed by atoms with van der Waals surface area (Å²) in [5.74, 6) is -0.824. The number of nitrogens with zero attached hydrogens (tertiary/aromatic N) is 1. The lowest BCUT2D eigenvalue weighted by Crippen LogP contribution is -2.09. The first-order valence-electron chi connectivity index (χ1n) is 8.11. The normalized spacial score (nSPS) is 12.2. The Morgan fingerprint density at radius 1 is 1.14 bits per heavy atom. The summed E-state index contributed by atoms with van der Waals surface area (Å²) in [5.41, 5.74) is -0.341. The highest BCUT2D eigenvalue weighted by atomic mass is 32.2. The van der Waals surface area contributed by atoms with Crippen LogP contribution in [0.1, 0.15) is 21.5 Å². The van der Waals surface area contributed by atoms with Gasteiger partial charge in [-0.1, -0.05) is 12.1 Å². The van der Waals surface area contributed by atoms with Crippen molar-refractivity contribution >= 4 is 27.0 Å². The molecule has 0 saturated heterocycles. The van der Waals surface area contributed by atoms with Crippen LogP contribution in [0.4, 0.5) is 13.2 Å². The molecule has 29 heavy (non-hydrogen) atoms. The number of esters is 1. The van der Waals surface area contributed by atoms with Crippen LogP contribution in [0, 0.1) is 6.92 Å². The number of alkyl halides is 3. The summed E-state index contributed by atoms with van der Waals surface area (Å²) in [6.07, 6.45) is -4.56. The minimum atomic E-state index is -4.56. The number of carbonyl (C=O) groups excluding carboxylic acids is 1. The van der Waals surface area contributed by atoms with Gasteiger partial charge in [-0.25, -0.2) is 9.78 Å². The summed E-state index contributed by atoms with van der Waals surface area (Å²) in [5, 5.41) is 0.0835. The molecule has 152 valence electrons. The number of fused-ring (bicyclic) bond motifs is 1. The molecule has 0 atom stereocenters. The monoisotopic (exact) mass is 425 g/mol. The Kier molecular flexibility index (Phi) is 5.10. The first-order chi connectivity index (χ1) is 13.4. The van der Waals surface area contributed by atoms with E-state index in [-0.39, 0.29) is 33.3 Å². The SMILES string of the molecule is COC(=O)c1c(C)c(-c2cccc(C(F)(F)F)c2)nc2ccc(S(=O)(=O)O)cc12. The number of halogens is 3. The van der Waals surface area contributed by atoms with Gasteiger partial charge in [0, 0.05) is 10.9 Å². The number of aromatic nitrogens is 1. The summed E-state index contributed by atoms with van der Waals surface area (Å²) in [6, 6.07) is 7.87. The van der Waals surface area contributed by atoms with E-state index in [9.17, 15) is 30.9 Å². The van der Waals surface area contributed by atoms with Gasteiger partial charge < -0.3 is 4.74 Å². The molecule has 0 radical (unpaired) electrons. The Balaban J connectivity index is 2.36. The Hall–Kier alpha value is -2.98. The standard InChI is InChI=1S/C19H14F3NO5S/c1-10-16(18(24)28-2)14-9-13(29(25,26)27)6-7-15(14)23-17(10)11-4-3-5-12(8-11)19(20,21)22/h3-9H,1-2H3,(H,25,26,27). The van der Waals surface area contributed by atoms with Gasteiger partial charge in [-0.2, -0.15) is 21.6 Å². The van der Waals surface area contributed by atoms with Gasteiger partial charge in [0.15, 0.2) is 0 Å². The van der Waals surface area contributed by atoms with Crippen LogP contribution in [-0.4, -0.2) is 31.0 Å². The number of carbonyl (C=O) groups is 1. The lowest BCUT2D eigenvalue weighted by atomic mass is 9.97. The van der Waals surface area contributed by atoms with Gasteiger partial charge in [-0.15, -0.1) is 0 Å². The molecule has 1 heterocycles. The summed E-state index contributed by atoms with van der Waals surface area (Å²) >= 11 is 0. The highest BCUT2D eigenvalue weighted by Gasteiger charge is 2.31. The summed E-state index contributed by atoms with van der Waals surface area (Å²) in [4.78, 5) is 16.2. The number of ether oxygens (including phenoxy) is 1. The lowest BCUT2D eigenvalue weighted by Gasteiger charge is -2.15. The van der Waals surface area contributed by atoms with Crippen molar-refractivity contribution in [2.75, 3.05) is 7.11 Å². The second kappa shape index (κ2) is 7.12. The zero-order valence-electron chi connectivity index (χ0n) is 15.1. The molecule has 6 nitrogen and oxygen atoms in total. The summed E-state index contributed by atoms with van der Waals surface area (Å²) in [7, 11) is -3.43. The number of methoxy groups -OCH3 is 1. The maximum Gasteiger partial charge on any atom is 0.416 e. The Labute approximate surface area is 163 Å². The molecule has 0 fully saturated rings. The average molecular weight is 425 g/mol. The fourth-order valence-corrected chi connectivity index (χ4v) is 3.49. The average Bonchev–Trinajstić information content (AvgIpc) is 2.65. The molecule has 0 aliphatic rings. The summed E-state index contributed by atoms with van der Waals surface area (Å²) in [6.45, 7) is 1.47. The van der Waals surface area contributed by atoms with Crippen molar-refractivity contribution in [3.05, 3.63) is 59.2 Å². The third kappa shape index (κ3) is 3.94. The smallest absolute Gasteiger partial charge is 0.416 e. The number of hydrogen-bond donors (Lipinski definition) is 1. The fraction of sp³-hybridized carbons (Fsp3) is 0.158. The van der Waals surface area contributed by atoms with Crippen molar-refractivity contribution in [2.45, 2.75) is 18.0 Å². The minimum absolute atomic E-state index is 0.0598. The van der Waals surface area contributed by atoms with E-state index in [0.717, 1.165) is 31.4 Å². The Morgan fingerprint density at radius 2 is 1.83 bits per heavy atom. The van der Waals surface area contributed by atoms with Crippen LogP contribution in [0.25, 0.3) is 22.2 Å². The Morgan fingerprint density at radius 3 is 2.41 bits per heavy atom. The van der Waals surface area contributed by atoms with Gasteiger partial charge in [0.2, 0.25) is 0 Å². The van der Waals surface area contributed by atoms with E-state index in [2.05, 4.69) is 4.98 Å². The maximum atomic E-state index is 13.1. The largest absolute Gasteiger partial charge is 0.465 e. The van der Waals surface area contributed by atoms with Crippen molar-refractivity contribution in [3.63, 3.8) is 0 Å². The van der Waals surface area contributed by atoms with Crippen molar-refractivity contribution in [3.8, 4) is 11.3 Å². The van der Waals surface area contributed by atoms with Crippen LogP contribution in [0.5, 0.6) is 0 Å². The first-order valence-corrected chi connectivity index (χ1v) is 9.55. The van der Waals surface area contributed by atoms with Gasteiger partial charge in [0.1, 0.15) is 0 Å². The molecule has 0 amide bonds. The van der Waals surface area contributed by atoms with Gasteiger partial charge in [-0.3, -0.25) is 4.55 Å². The van der Waals surface area contributed by atoms with Gasteiger partial charge in [-0.05, 0) is 42.8 Å². The zero-order valence-corrected chi connectivity index (χ0v) is 15.9. The van der Waals surface area contributed by atoms with Crippen LogP contribution in [0.3, 0.4) is 0 Å². The van der Waals surface area contributed by atoms with E-state index in [4.69, 9.17) is 4.74 Å². The molecule has 0 saturated carbocycles. The van der Waals surface area contributed by atoms with Crippen LogP contribution < -0.4 is 0 Å². The lowest BCUT2D eigenvalue weighted by molar-refractivity contribution is -0.137. The number of hydrogen-bond acceptors (Lipinski definition) is 5. The zero-order chi connectivity index (χ0) is 21.6. The predicted molar refractivity (Wildman–Crippen MR) is 98.1 cm³/mol. The molecular formula is C19H14F3NO5S. The highest BCUT2D eigenvalue weighted by Crippen LogP contribution is 2.35. The second-order valence-electron chi connectivity index (χ2n) is 6.18. The van der Waals surface area contributed by atoms with E-state index in [1.54, 1.807) is 0 Å². The molecule has 0 spiro atoms. The van der Waals surface area contributed by atoms with E-state index < -0.39 is 32.7 Å². The topological polar surface area (TPSA) is 93.6 Å². The number of rotatable bonds is 3. The third-order valence-electron chi connectivity index (χ3n) is 4.35. The first kappa shape index (κ1) is 20.7. The molecule has 0 aliphatic heterocycles. The molecule has 0 unspecified atom stereocenters. The molecule has 2 aromatic carbocycles. The highest BCUT2D eigenvalue weighted by molar-refractivity contribution is 7.85. The maximum absolute atomic E-state index is 13.1. The van der Waals surface area contributed by atoms with E-state index in [1.807, 2.05) is 0 Å². The van der Waals surface area contributed by atoms with Crippen molar-refractivity contribution in [1.82, 2.24) is 4.98 Å². The van der Waals surface area contributed by atoms with Gasteiger partial charge in [0.25, 0.3) is 10.1 Å². The van der Waals surface area contributed by atoms with E-state index in [0.29, 0.717) is 0 Å². The molecule has 1 N–H and O–H groups in total. The third-order valence-corrected chi connectivity index (χ3v) is 5.20. The molecule has 3 rings (SSSR count). The molecule has 0 bridgehead atoms. The quantitative estimate of drug-likeness (QED) is 0.498. The van der Waals surface area contributed by atoms with Crippen LogP contribution in [0.2, 0.25) is 0 Å². The Bertz CT molecular complexity index is 1240. The van der Waals surface area contributed by atoms with Crippen molar-refractivity contribution in [2.24, 2.45) is 0 Å². The number of pyridine rings is 1. The van der Waals surface area contributed by atoms with Gasteiger partial charge >= 0.3 is 12.1 Å². The molecule has 1 aromatic heterocycles. The van der Waals surface area contributed by atoms with Crippen LogP contribution in [-0.2, 0) is 21.0 Å². The van der Waals surface area contributed by atoms with Crippen molar-refractivity contribution in [1.29, 1.82) is 0 Å².